The molecule has 3 N–H and O–H groups in total. The van der Waals surface area contributed by atoms with Crippen LogP contribution in [-0.4, -0.2) is 13.0 Å². The highest BCUT2D eigenvalue weighted by Crippen LogP contribution is 1.97. The van der Waals surface area contributed by atoms with Crippen LogP contribution < -0.4 is 5.73 Å². The zero-order valence-corrected chi connectivity index (χ0v) is 5.09. The van der Waals surface area contributed by atoms with E-state index in [9.17, 15) is 8.42 Å². The van der Waals surface area contributed by atoms with E-state index in [-0.39, 0.29) is 0 Å². The van der Waals surface area contributed by atoms with E-state index in [1.54, 1.807) is 0 Å². The van der Waals surface area contributed by atoms with Crippen LogP contribution in [0.3, 0.4) is 0 Å². The average molecular weight is 148 g/mol. The van der Waals surface area contributed by atoms with Crippen molar-refractivity contribution >= 4 is 10.1 Å². The first-order valence-corrected chi connectivity index (χ1v) is 3.26. The van der Waals surface area contributed by atoms with Gasteiger partial charge in [0.2, 0.25) is 0 Å². The molecule has 0 bridgehead atoms. The normalized spacial score (nSPS) is 12.7. The van der Waals surface area contributed by atoms with Gasteiger partial charge in [-0.25, -0.2) is 0 Å². The Morgan fingerprint density at radius 2 is 2.22 bits per heavy atom. The van der Waals surface area contributed by atoms with Crippen molar-refractivity contribution in [3.05, 3.63) is 11.1 Å². The summed E-state index contributed by atoms with van der Waals surface area (Å²) in [6, 6.07) is 1.19. The molecule has 0 amide bonds. The molecule has 0 radical (unpaired) electrons. The van der Waals surface area contributed by atoms with E-state index in [0.717, 1.165) is 0 Å². The van der Waals surface area contributed by atoms with E-state index in [2.05, 4.69) is 5.73 Å². The number of rotatable bonds is 1. The number of hydrogen-bond acceptors (Lipinski definition) is 4. The lowest BCUT2D eigenvalue weighted by molar-refractivity contribution is 0.492. The second kappa shape index (κ2) is 2.48. The van der Waals surface area contributed by atoms with Crippen molar-refractivity contribution in [2.45, 2.75) is 0 Å². The SMILES string of the molecule is N#CC(=CN)S(=O)(=O)O. The summed E-state index contributed by atoms with van der Waals surface area (Å²) in [5.41, 5.74) is 4.65. The maximum Gasteiger partial charge on any atom is 0.306 e. The number of nitrogens with zero attached hydrogens (tertiary/aromatic N) is 1. The third-order valence-corrected chi connectivity index (χ3v) is 1.32. The molecule has 0 aromatic heterocycles. The summed E-state index contributed by atoms with van der Waals surface area (Å²) in [7, 11) is -4.39. The van der Waals surface area contributed by atoms with E-state index in [1.807, 2.05) is 0 Å². The third-order valence-electron chi connectivity index (χ3n) is 0.539. The molecule has 0 spiro atoms. The van der Waals surface area contributed by atoms with Crippen LogP contribution in [0.5, 0.6) is 0 Å². The Balaban J connectivity index is 4.85. The molecule has 0 atom stereocenters. The van der Waals surface area contributed by atoms with Crippen LogP contribution in [0, 0.1) is 11.3 Å². The minimum absolute atomic E-state index is 0.523. The highest BCUT2D eigenvalue weighted by Gasteiger charge is 2.10. The first-order chi connectivity index (χ1) is 4.02. The second-order valence-corrected chi connectivity index (χ2v) is 2.51. The standard InChI is InChI=1S/C3H4N2O3S/c4-1-3(2-5)9(6,7)8/h1H,4H2,(H,6,7,8). The van der Waals surface area contributed by atoms with E-state index in [0.29, 0.717) is 6.20 Å². The molecule has 0 aliphatic carbocycles. The summed E-state index contributed by atoms with van der Waals surface area (Å²) < 4.78 is 28.0. The van der Waals surface area contributed by atoms with Gasteiger partial charge in [0, 0.05) is 6.20 Å². The molecular weight excluding hydrogens is 144 g/mol. The van der Waals surface area contributed by atoms with Crippen LogP contribution in [0.2, 0.25) is 0 Å². The van der Waals surface area contributed by atoms with Crippen LogP contribution >= 0.6 is 0 Å². The van der Waals surface area contributed by atoms with Crippen molar-refractivity contribution in [2.24, 2.45) is 5.73 Å². The Labute approximate surface area is 52.1 Å². The Bertz CT molecular complexity index is 257. The summed E-state index contributed by atoms with van der Waals surface area (Å²) in [5.74, 6) is 0. The molecule has 0 aromatic carbocycles. The highest BCUT2D eigenvalue weighted by molar-refractivity contribution is 7.90. The van der Waals surface area contributed by atoms with Gasteiger partial charge in [-0.1, -0.05) is 0 Å². The van der Waals surface area contributed by atoms with Crippen molar-refractivity contribution in [1.82, 2.24) is 0 Å². The van der Waals surface area contributed by atoms with Gasteiger partial charge in [0.1, 0.15) is 6.07 Å². The zero-order chi connectivity index (χ0) is 7.49. The Kier molecular flexibility index (Phi) is 2.19. The molecule has 0 saturated carbocycles. The number of nitriles is 1. The predicted octanol–water partition coefficient (Wildman–Crippen LogP) is -0.802. The van der Waals surface area contributed by atoms with Crippen LogP contribution in [0.4, 0.5) is 0 Å². The van der Waals surface area contributed by atoms with Crippen molar-refractivity contribution in [1.29, 1.82) is 5.26 Å². The molecule has 6 heteroatoms. The van der Waals surface area contributed by atoms with Crippen LogP contribution in [0.25, 0.3) is 0 Å². The van der Waals surface area contributed by atoms with E-state index >= 15 is 0 Å². The summed E-state index contributed by atoms with van der Waals surface area (Å²) in [6.07, 6.45) is 0.523. The number of hydrogen-bond donors (Lipinski definition) is 2. The fourth-order valence-corrected chi connectivity index (χ4v) is 0.468. The lowest BCUT2D eigenvalue weighted by Gasteiger charge is -1.86. The first kappa shape index (κ1) is 7.94. The van der Waals surface area contributed by atoms with E-state index in [1.165, 1.54) is 6.07 Å². The van der Waals surface area contributed by atoms with Crippen molar-refractivity contribution in [2.75, 3.05) is 0 Å². The zero-order valence-electron chi connectivity index (χ0n) is 4.27. The molecule has 0 heterocycles. The van der Waals surface area contributed by atoms with Gasteiger partial charge in [-0.2, -0.15) is 13.7 Å². The van der Waals surface area contributed by atoms with Gasteiger partial charge < -0.3 is 5.73 Å². The molecule has 50 valence electrons. The summed E-state index contributed by atoms with van der Waals surface area (Å²) >= 11 is 0. The second-order valence-electron chi connectivity index (χ2n) is 1.12. The van der Waals surface area contributed by atoms with Gasteiger partial charge in [0.05, 0.1) is 0 Å². The van der Waals surface area contributed by atoms with E-state index < -0.39 is 15.0 Å². The van der Waals surface area contributed by atoms with Crippen LogP contribution in [0.15, 0.2) is 11.1 Å². The van der Waals surface area contributed by atoms with Crippen molar-refractivity contribution < 1.29 is 13.0 Å². The monoisotopic (exact) mass is 148 g/mol. The largest absolute Gasteiger partial charge is 0.403 e. The molecule has 0 saturated heterocycles. The first-order valence-electron chi connectivity index (χ1n) is 1.82. The van der Waals surface area contributed by atoms with Gasteiger partial charge >= 0.3 is 10.1 Å². The maximum atomic E-state index is 9.98. The molecular formula is C3H4N2O3S. The topological polar surface area (TPSA) is 104 Å². The van der Waals surface area contributed by atoms with Gasteiger partial charge in [-0.3, -0.25) is 4.55 Å². The molecule has 0 aliphatic rings. The fourth-order valence-electron chi connectivity index (χ4n) is 0.181. The molecule has 0 fully saturated rings. The fraction of sp³-hybridized carbons (Fsp3) is 0. The molecule has 0 aromatic rings. The molecule has 0 unspecified atom stereocenters. The third kappa shape index (κ3) is 2.12. The summed E-state index contributed by atoms with van der Waals surface area (Å²) in [5, 5.41) is 7.92. The minimum atomic E-state index is -4.39. The van der Waals surface area contributed by atoms with Crippen molar-refractivity contribution in [3.63, 3.8) is 0 Å². The lowest BCUT2D eigenvalue weighted by Crippen LogP contribution is -2.01. The number of nitrogens with two attached hydrogens (primary N) is 1. The number of allylic oxidation sites excluding steroid dienone is 1. The summed E-state index contributed by atoms with van der Waals surface area (Å²) in [4.78, 5) is -0.845. The van der Waals surface area contributed by atoms with E-state index in [4.69, 9.17) is 9.81 Å². The molecule has 0 rings (SSSR count). The minimum Gasteiger partial charge on any atom is -0.403 e. The average Bonchev–Trinajstić information content (AvgIpc) is 1.65. The van der Waals surface area contributed by atoms with Gasteiger partial charge in [-0.05, 0) is 0 Å². The summed E-state index contributed by atoms with van der Waals surface area (Å²) in [6.45, 7) is 0. The van der Waals surface area contributed by atoms with Crippen LogP contribution in [0.1, 0.15) is 0 Å². The van der Waals surface area contributed by atoms with Gasteiger partial charge in [0.25, 0.3) is 0 Å². The van der Waals surface area contributed by atoms with Gasteiger partial charge in [-0.15, -0.1) is 0 Å². The molecule has 5 nitrogen and oxygen atoms in total. The highest BCUT2D eigenvalue weighted by atomic mass is 32.2. The Morgan fingerprint density at radius 3 is 2.22 bits per heavy atom. The maximum absolute atomic E-state index is 9.98. The smallest absolute Gasteiger partial charge is 0.306 e. The quantitative estimate of drug-likeness (QED) is 0.374. The predicted molar refractivity (Wildman–Crippen MR) is 29.4 cm³/mol. The van der Waals surface area contributed by atoms with Crippen molar-refractivity contribution in [3.8, 4) is 6.07 Å². The van der Waals surface area contributed by atoms with Crippen LogP contribution in [-0.2, 0) is 10.1 Å². The Hall–Kier alpha value is -1.06. The lowest BCUT2D eigenvalue weighted by atomic mass is 10.7. The van der Waals surface area contributed by atoms with Gasteiger partial charge in [0.15, 0.2) is 4.91 Å². The Morgan fingerprint density at radius 1 is 1.78 bits per heavy atom. The molecule has 0 aliphatic heterocycles. The molecule has 9 heavy (non-hydrogen) atoms.